The summed E-state index contributed by atoms with van der Waals surface area (Å²) in [6.07, 6.45) is 8.62. The molecule has 2 aromatic heterocycles. The van der Waals surface area contributed by atoms with Crippen molar-refractivity contribution in [3.63, 3.8) is 0 Å². The molecule has 3 rings (SSSR count). The highest BCUT2D eigenvalue weighted by atomic mass is 16.5. The number of nitrogens with zero attached hydrogens (tertiary/aromatic N) is 4. The number of piperidine rings is 1. The van der Waals surface area contributed by atoms with Crippen molar-refractivity contribution in [2.24, 2.45) is 13.0 Å². The maximum atomic E-state index is 12.4. The van der Waals surface area contributed by atoms with Gasteiger partial charge in [-0.25, -0.2) is 14.8 Å². The summed E-state index contributed by atoms with van der Waals surface area (Å²) in [5, 5.41) is 0. The molecule has 0 bridgehead atoms. The van der Waals surface area contributed by atoms with Crippen LogP contribution in [0.15, 0.2) is 30.7 Å². The van der Waals surface area contributed by atoms with Crippen molar-refractivity contribution < 1.29 is 9.53 Å². The molecule has 2 aromatic rings. The molecule has 0 amide bonds. The van der Waals surface area contributed by atoms with E-state index in [-0.39, 0.29) is 12.1 Å². The van der Waals surface area contributed by atoms with Gasteiger partial charge in [0, 0.05) is 45.1 Å². The normalized spacial score (nSPS) is 17.8. The van der Waals surface area contributed by atoms with E-state index >= 15 is 0 Å². The van der Waals surface area contributed by atoms with E-state index in [2.05, 4.69) is 19.4 Å². The molecule has 1 aliphatic rings. The van der Waals surface area contributed by atoms with Crippen molar-refractivity contribution in [3.05, 3.63) is 42.1 Å². The van der Waals surface area contributed by atoms with Crippen LogP contribution in [-0.2, 0) is 18.2 Å². The van der Waals surface area contributed by atoms with Crippen LogP contribution in [0.5, 0.6) is 0 Å². The van der Waals surface area contributed by atoms with Gasteiger partial charge in [-0.15, -0.1) is 0 Å². The molecule has 0 unspecified atom stereocenters. The van der Waals surface area contributed by atoms with Crippen molar-refractivity contribution in [2.75, 3.05) is 18.0 Å². The van der Waals surface area contributed by atoms with Crippen molar-refractivity contribution >= 4 is 11.8 Å². The van der Waals surface area contributed by atoms with Gasteiger partial charge in [-0.1, -0.05) is 0 Å². The summed E-state index contributed by atoms with van der Waals surface area (Å²) in [4.78, 5) is 23.5. The Labute approximate surface area is 148 Å². The Morgan fingerprint density at radius 1 is 1.36 bits per heavy atom. The van der Waals surface area contributed by atoms with E-state index in [1.807, 2.05) is 33.3 Å². The van der Waals surface area contributed by atoms with Gasteiger partial charge in [0.1, 0.15) is 17.2 Å². The third-order valence-electron chi connectivity index (χ3n) is 4.56. The highest BCUT2D eigenvalue weighted by molar-refractivity contribution is 5.94. The first-order valence-corrected chi connectivity index (χ1v) is 8.91. The standard InChI is InChI=1S/C19H26N4O2/c1-14(2)25-19(24)16-7-4-8-21-18(16)23-10-5-6-15(13-23)12-17-20-9-11-22(17)3/h4,7-9,11,14-15H,5-6,10,12-13H2,1-3H3/t15-/m1/s1. The third-order valence-corrected chi connectivity index (χ3v) is 4.56. The van der Waals surface area contributed by atoms with Crippen molar-refractivity contribution in [1.82, 2.24) is 14.5 Å². The van der Waals surface area contributed by atoms with Crippen LogP contribution in [0.1, 0.15) is 42.9 Å². The molecule has 0 aromatic carbocycles. The highest BCUT2D eigenvalue weighted by Gasteiger charge is 2.26. The van der Waals surface area contributed by atoms with Crippen LogP contribution in [0.2, 0.25) is 0 Å². The molecule has 0 aliphatic carbocycles. The van der Waals surface area contributed by atoms with E-state index in [0.717, 1.165) is 37.6 Å². The minimum Gasteiger partial charge on any atom is -0.459 e. The van der Waals surface area contributed by atoms with Crippen LogP contribution in [0.3, 0.4) is 0 Å². The Kier molecular flexibility index (Phi) is 5.36. The average Bonchev–Trinajstić information content (AvgIpc) is 2.99. The zero-order valence-corrected chi connectivity index (χ0v) is 15.2. The van der Waals surface area contributed by atoms with Gasteiger partial charge in [-0.3, -0.25) is 0 Å². The maximum Gasteiger partial charge on any atom is 0.342 e. The highest BCUT2D eigenvalue weighted by Crippen LogP contribution is 2.26. The number of esters is 1. The first-order valence-electron chi connectivity index (χ1n) is 8.91. The average molecular weight is 342 g/mol. The Balaban J connectivity index is 1.75. The molecule has 6 heteroatoms. The van der Waals surface area contributed by atoms with Gasteiger partial charge in [0.15, 0.2) is 0 Å². The molecule has 1 saturated heterocycles. The number of hydrogen-bond acceptors (Lipinski definition) is 5. The van der Waals surface area contributed by atoms with Crippen LogP contribution < -0.4 is 4.90 Å². The second kappa shape index (κ2) is 7.68. The molecule has 0 saturated carbocycles. The number of pyridine rings is 1. The summed E-state index contributed by atoms with van der Waals surface area (Å²) in [5.41, 5.74) is 0.550. The Morgan fingerprint density at radius 2 is 2.20 bits per heavy atom. The number of anilines is 1. The minimum atomic E-state index is -0.302. The van der Waals surface area contributed by atoms with E-state index in [1.165, 1.54) is 6.42 Å². The molecule has 25 heavy (non-hydrogen) atoms. The van der Waals surface area contributed by atoms with Crippen molar-refractivity contribution in [2.45, 2.75) is 39.2 Å². The fourth-order valence-electron chi connectivity index (χ4n) is 3.36. The van der Waals surface area contributed by atoms with E-state index < -0.39 is 0 Å². The Hall–Kier alpha value is -2.37. The number of hydrogen-bond donors (Lipinski definition) is 0. The predicted octanol–water partition coefficient (Wildman–Crippen LogP) is 2.84. The van der Waals surface area contributed by atoms with Gasteiger partial charge in [0.2, 0.25) is 0 Å². The Morgan fingerprint density at radius 3 is 2.92 bits per heavy atom. The van der Waals surface area contributed by atoms with Crippen LogP contribution >= 0.6 is 0 Å². The van der Waals surface area contributed by atoms with Gasteiger partial charge >= 0.3 is 5.97 Å². The number of rotatable bonds is 5. The van der Waals surface area contributed by atoms with Gasteiger partial charge < -0.3 is 14.2 Å². The molecule has 1 fully saturated rings. The van der Waals surface area contributed by atoms with E-state index in [0.29, 0.717) is 11.5 Å². The lowest BCUT2D eigenvalue weighted by Gasteiger charge is -2.34. The molecule has 1 aliphatic heterocycles. The number of aryl methyl sites for hydroxylation is 1. The van der Waals surface area contributed by atoms with Crippen LogP contribution in [0, 0.1) is 5.92 Å². The SMILES string of the molecule is CC(C)OC(=O)c1cccnc1N1CCC[C@H](Cc2nccn2C)C1. The van der Waals surface area contributed by atoms with E-state index in [4.69, 9.17) is 4.74 Å². The molecular weight excluding hydrogens is 316 g/mol. The maximum absolute atomic E-state index is 12.4. The van der Waals surface area contributed by atoms with E-state index in [1.54, 1.807) is 18.3 Å². The summed E-state index contributed by atoms with van der Waals surface area (Å²) in [5.74, 6) is 2.04. The van der Waals surface area contributed by atoms with Gasteiger partial charge in [-0.05, 0) is 44.7 Å². The molecule has 1 atom stereocenters. The van der Waals surface area contributed by atoms with Crippen molar-refractivity contribution in [1.29, 1.82) is 0 Å². The van der Waals surface area contributed by atoms with Crippen LogP contribution in [0.4, 0.5) is 5.82 Å². The third kappa shape index (κ3) is 4.18. The van der Waals surface area contributed by atoms with Crippen LogP contribution in [0.25, 0.3) is 0 Å². The fraction of sp³-hybridized carbons (Fsp3) is 0.526. The molecular formula is C19H26N4O2. The molecule has 134 valence electrons. The van der Waals surface area contributed by atoms with Crippen LogP contribution in [-0.4, -0.2) is 39.7 Å². The predicted molar refractivity (Wildman–Crippen MR) is 96.6 cm³/mol. The summed E-state index contributed by atoms with van der Waals surface area (Å²) in [6, 6.07) is 3.59. The molecule has 0 spiro atoms. The van der Waals surface area contributed by atoms with Gasteiger partial charge in [-0.2, -0.15) is 0 Å². The zero-order chi connectivity index (χ0) is 17.8. The minimum absolute atomic E-state index is 0.141. The number of carbonyl (C=O) groups excluding carboxylic acids is 1. The van der Waals surface area contributed by atoms with Crippen molar-refractivity contribution in [3.8, 4) is 0 Å². The monoisotopic (exact) mass is 342 g/mol. The van der Waals surface area contributed by atoms with Gasteiger partial charge in [0.05, 0.1) is 6.10 Å². The number of aromatic nitrogens is 3. The molecule has 3 heterocycles. The first kappa shape index (κ1) is 17.5. The first-order chi connectivity index (χ1) is 12.0. The second-order valence-electron chi connectivity index (χ2n) is 6.94. The Bertz CT molecular complexity index is 726. The summed E-state index contributed by atoms with van der Waals surface area (Å²) in [6.45, 7) is 5.51. The largest absolute Gasteiger partial charge is 0.459 e. The van der Waals surface area contributed by atoms with E-state index in [9.17, 15) is 4.79 Å². The molecule has 0 N–H and O–H groups in total. The summed E-state index contributed by atoms with van der Waals surface area (Å²) >= 11 is 0. The number of imidazole rings is 1. The lowest BCUT2D eigenvalue weighted by atomic mass is 9.94. The number of carbonyl (C=O) groups is 1. The quantitative estimate of drug-likeness (QED) is 0.782. The molecule has 6 nitrogen and oxygen atoms in total. The topological polar surface area (TPSA) is 60.2 Å². The second-order valence-corrected chi connectivity index (χ2v) is 6.94. The fourth-order valence-corrected chi connectivity index (χ4v) is 3.36. The lowest BCUT2D eigenvalue weighted by molar-refractivity contribution is 0.0378. The molecule has 0 radical (unpaired) electrons. The summed E-state index contributed by atoms with van der Waals surface area (Å²) in [7, 11) is 2.03. The summed E-state index contributed by atoms with van der Waals surface area (Å²) < 4.78 is 7.45. The van der Waals surface area contributed by atoms with Gasteiger partial charge in [0.25, 0.3) is 0 Å². The number of ether oxygens (including phenoxy) is 1. The lowest BCUT2D eigenvalue weighted by Crippen LogP contribution is -2.38. The zero-order valence-electron chi connectivity index (χ0n) is 15.2. The smallest absolute Gasteiger partial charge is 0.342 e.